The van der Waals surface area contributed by atoms with Gasteiger partial charge in [-0.15, -0.1) is 11.3 Å². The fourth-order valence-corrected chi connectivity index (χ4v) is 3.80. The van der Waals surface area contributed by atoms with Crippen molar-refractivity contribution in [2.45, 2.75) is 20.3 Å². The van der Waals surface area contributed by atoms with Crippen molar-refractivity contribution in [3.05, 3.63) is 81.9 Å². The molecule has 0 saturated carbocycles. The minimum Gasteiger partial charge on any atom is -0.360 e. The maximum Gasteiger partial charge on any atom is 0.257 e. The van der Waals surface area contributed by atoms with E-state index in [1.807, 2.05) is 37.3 Å². The number of nitrogens with one attached hydrogen (secondary N) is 1. The Morgan fingerprint density at radius 3 is 2.48 bits per heavy atom. The second-order valence-electron chi connectivity index (χ2n) is 6.78. The van der Waals surface area contributed by atoms with E-state index in [0.717, 1.165) is 33.8 Å². The van der Waals surface area contributed by atoms with Crippen LogP contribution in [0.2, 0.25) is 0 Å². The van der Waals surface area contributed by atoms with Crippen LogP contribution in [-0.2, 0) is 6.42 Å². The second kappa shape index (κ2) is 8.41. The zero-order chi connectivity index (χ0) is 20.2. The van der Waals surface area contributed by atoms with Crippen molar-refractivity contribution in [1.82, 2.24) is 15.5 Å². The third-order valence-corrected chi connectivity index (χ3v) is 5.48. The van der Waals surface area contributed by atoms with Crippen LogP contribution in [0.4, 0.5) is 0 Å². The van der Waals surface area contributed by atoms with Crippen molar-refractivity contribution in [2.75, 3.05) is 6.54 Å². The van der Waals surface area contributed by atoms with Gasteiger partial charge in [0.05, 0.1) is 10.7 Å². The summed E-state index contributed by atoms with van der Waals surface area (Å²) in [6.45, 7) is 4.30. The summed E-state index contributed by atoms with van der Waals surface area (Å²) in [4.78, 5) is 17.2. The highest BCUT2D eigenvalue weighted by Crippen LogP contribution is 2.25. The molecule has 2 heterocycles. The molecule has 0 atom stereocenters. The first-order valence-corrected chi connectivity index (χ1v) is 10.3. The molecule has 146 valence electrons. The Labute approximate surface area is 173 Å². The molecule has 0 spiro atoms. The fourth-order valence-electron chi connectivity index (χ4n) is 3.18. The highest BCUT2D eigenvalue weighted by atomic mass is 32.1. The maximum absolute atomic E-state index is 12.7. The second-order valence-corrected chi connectivity index (χ2v) is 7.85. The van der Waals surface area contributed by atoms with Crippen LogP contribution >= 0.6 is 11.3 Å². The molecule has 4 rings (SSSR count). The number of rotatable bonds is 6. The highest BCUT2D eigenvalue weighted by molar-refractivity contribution is 7.09. The number of benzene rings is 2. The number of carbonyl (C=O) groups excluding carboxylic acids is 1. The topological polar surface area (TPSA) is 68.0 Å². The first-order valence-electron chi connectivity index (χ1n) is 9.43. The summed E-state index contributed by atoms with van der Waals surface area (Å²) in [6.07, 6.45) is 0.743. The summed E-state index contributed by atoms with van der Waals surface area (Å²) in [5, 5.41) is 10.2. The van der Waals surface area contributed by atoms with Crippen molar-refractivity contribution in [2.24, 2.45) is 0 Å². The van der Waals surface area contributed by atoms with Gasteiger partial charge in [-0.25, -0.2) is 4.98 Å². The predicted molar refractivity (Wildman–Crippen MR) is 115 cm³/mol. The van der Waals surface area contributed by atoms with E-state index in [1.165, 1.54) is 0 Å². The molecule has 1 amide bonds. The molecule has 0 radical (unpaired) electrons. The number of carbonyl (C=O) groups is 1. The van der Waals surface area contributed by atoms with E-state index in [9.17, 15) is 4.79 Å². The van der Waals surface area contributed by atoms with Gasteiger partial charge >= 0.3 is 0 Å². The number of thiazole rings is 1. The summed E-state index contributed by atoms with van der Waals surface area (Å²) in [6, 6.07) is 17.9. The van der Waals surface area contributed by atoms with Crippen LogP contribution in [0.1, 0.15) is 26.7 Å². The van der Waals surface area contributed by atoms with Gasteiger partial charge in [0, 0.05) is 23.1 Å². The van der Waals surface area contributed by atoms with Gasteiger partial charge in [0.15, 0.2) is 0 Å². The van der Waals surface area contributed by atoms with E-state index in [1.54, 1.807) is 18.3 Å². The van der Waals surface area contributed by atoms with Gasteiger partial charge in [-0.2, -0.15) is 0 Å². The predicted octanol–water partition coefficient (Wildman–Crippen LogP) is 5.05. The number of aromatic nitrogens is 2. The molecule has 0 fully saturated rings. The highest BCUT2D eigenvalue weighted by Gasteiger charge is 2.21. The lowest BCUT2D eigenvalue weighted by Crippen LogP contribution is -2.26. The molecule has 6 heteroatoms. The molecule has 1 N–H and O–H groups in total. The van der Waals surface area contributed by atoms with E-state index in [0.29, 0.717) is 23.6 Å². The van der Waals surface area contributed by atoms with Crippen LogP contribution < -0.4 is 5.32 Å². The first-order chi connectivity index (χ1) is 14.1. The first kappa shape index (κ1) is 19.1. The van der Waals surface area contributed by atoms with E-state index < -0.39 is 0 Å². The lowest BCUT2D eigenvalue weighted by molar-refractivity contribution is 0.0953. The zero-order valence-electron chi connectivity index (χ0n) is 16.3. The molecular formula is C23H21N3O2S. The normalized spacial score (nSPS) is 10.8. The molecule has 5 nitrogen and oxygen atoms in total. The Bertz CT molecular complexity index is 1110. The Balaban J connectivity index is 1.39. The van der Waals surface area contributed by atoms with Crippen LogP contribution in [0.5, 0.6) is 0 Å². The standard InChI is InChI=1S/C23H21N3O2S/c1-15-21(22(26-28-15)19-6-4-3-5-7-19)23(27)24-13-12-17-8-10-18(11-9-17)20-14-29-16(2)25-20/h3-11,14H,12-13H2,1-2H3,(H,24,27). The lowest BCUT2D eigenvalue weighted by atomic mass is 10.1. The van der Waals surface area contributed by atoms with Gasteiger partial charge in [-0.05, 0) is 25.8 Å². The molecule has 2 aromatic heterocycles. The largest absolute Gasteiger partial charge is 0.360 e. The van der Waals surface area contributed by atoms with Gasteiger partial charge in [0.2, 0.25) is 0 Å². The Hall–Kier alpha value is -3.25. The summed E-state index contributed by atoms with van der Waals surface area (Å²) < 4.78 is 5.28. The number of hydrogen-bond acceptors (Lipinski definition) is 5. The Kier molecular flexibility index (Phi) is 5.53. The molecule has 29 heavy (non-hydrogen) atoms. The van der Waals surface area contributed by atoms with Crippen molar-refractivity contribution in [1.29, 1.82) is 0 Å². The summed E-state index contributed by atoms with van der Waals surface area (Å²) in [7, 11) is 0. The Morgan fingerprint density at radius 1 is 1.03 bits per heavy atom. The van der Waals surface area contributed by atoms with Crippen LogP contribution in [-0.4, -0.2) is 22.6 Å². The average molecular weight is 404 g/mol. The number of hydrogen-bond donors (Lipinski definition) is 1. The average Bonchev–Trinajstić information content (AvgIpc) is 3.35. The van der Waals surface area contributed by atoms with Crippen molar-refractivity contribution < 1.29 is 9.32 Å². The van der Waals surface area contributed by atoms with E-state index in [-0.39, 0.29) is 5.91 Å². The summed E-state index contributed by atoms with van der Waals surface area (Å²) >= 11 is 1.65. The van der Waals surface area contributed by atoms with E-state index in [4.69, 9.17) is 4.52 Å². The third kappa shape index (κ3) is 4.27. The van der Waals surface area contributed by atoms with Gasteiger partial charge in [0.25, 0.3) is 5.91 Å². The summed E-state index contributed by atoms with van der Waals surface area (Å²) in [5.74, 6) is 0.349. The van der Waals surface area contributed by atoms with Crippen molar-refractivity contribution in [3.63, 3.8) is 0 Å². The molecule has 0 aliphatic rings. The lowest BCUT2D eigenvalue weighted by Gasteiger charge is -2.07. The van der Waals surface area contributed by atoms with Crippen molar-refractivity contribution in [3.8, 4) is 22.5 Å². The third-order valence-electron chi connectivity index (χ3n) is 4.70. The Morgan fingerprint density at radius 2 is 1.79 bits per heavy atom. The molecule has 0 aliphatic carbocycles. The van der Waals surface area contributed by atoms with Gasteiger partial charge in [-0.1, -0.05) is 59.8 Å². The van der Waals surface area contributed by atoms with Gasteiger partial charge in [-0.3, -0.25) is 4.79 Å². The maximum atomic E-state index is 12.7. The summed E-state index contributed by atoms with van der Waals surface area (Å²) in [5.41, 5.74) is 5.20. The minimum atomic E-state index is -0.169. The van der Waals surface area contributed by atoms with Crippen LogP contribution in [0, 0.1) is 13.8 Å². The molecule has 4 aromatic rings. The minimum absolute atomic E-state index is 0.169. The molecule has 0 bridgehead atoms. The number of amides is 1. The monoisotopic (exact) mass is 403 g/mol. The van der Waals surface area contributed by atoms with Crippen molar-refractivity contribution >= 4 is 17.2 Å². The van der Waals surface area contributed by atoms with E-state index >= 15 is 0 Å². The number of aryl methyl sites for hydroxylation is 2. The molecule has 0 aliphatic heterocycles. The molecule has 0 unspecified atom stereocenters. The number of nitrogens with zero attached hydrogens (tertiary/aromatic N) is 2. The molecule has 0 saturated heterocycles. The smallest absolute Gasteiger partial charge is 0.257 e. The van der Waals surface area contributed by atoms with Gasteiger partial charge in [0.1, 0.15) is 17.0 Å². The van der Waals surface area contributed by atoms with Gasteiger partial charge < -0.3 is 9.84 Å². The molecular weight excluding hydrogens is 382 g/mol. The molecule has 2 aromatic carbocycles. The van der Waals surface area contributed by atoms with Crippen LogP contribution in [0.3, 0.4) is 0 Å². The van der Waals surface area contributed by atoms with Crippen LogP contribution in [0.15, 0.2) is 64.5 Å². The van der Waals surface area contributed by atoms with E-state index in [2.05, 4.69) is 45.1 Å². The van der Waals surface area contributed by atoms with Crippen LogP contribution in [0.25, 0.3) is 22.5 Å². The fraction of sp³-hybridized carbons (Fsp3) is 0.174. The quantitative estimate of drug-likeness (QED) is 0.489. The SMILES string of the molecule is Cc1nc(-c2ccc(CCNC(=O)c3c(-c4ccccc4)noc3C)cc2)cs1. The zero-order valence-corrected chi connectivity index (χ0v) is 17.1.